The highest BCUT2D eigenvalue weighted by Crippen LogP contribution is 2.21. The van der Waals surface area contributed by atoms with Gasteiger partial charge in [0.2, 0.25) is 0 Å². The van der Waals surface area contributed by atoms with Gasteiger partial charge in [-0.25, -0.2) is 0 Å². The van der Waals surface area contributed by atoms with Gasteiger partial charge in [0.05, 0.1) is 16.9 Å². The zero-order valence-electron chi connectivity index (χ0n) is 12.3. The van der Waals surface area contributed by atoms with Gasteiger partial charge in [0.25, 0.3) is 0 Å². The number of nitriles is 1. The van der Waals surface area contributed by atoms with E-state index in [2.05, 4.69) is 44.0 Å². The van der Waals surface area contributed by atoms with E-state index in [1.165, 1.54) is 0 Å². The minimum atomic E-state index is 0.518. The molecule has 4 nitrogen and oxygen atoms in total. The fourth-order valence-corrected chi connectivity index (χ4v) is 2.25. The van der Waals surface area contributed by atoms with Crippen LogP contribution in [0.3, 0.4) is 0 Å². The molecule has 0 fully saturated rings. The van der Waals surface area contributed by atoms with Crippen LogP contribution in [0.2, 0.25) is 0 Å². The summed E-state index contributed by atoms with van der Waals surface area (Å²) in [5.74, 6) is 0. The number of anilines is 2. The van der Waals surface area contributed by atoms with Gasteiger partial charge < -0.3 is 11.1 Å². The molecular formula is C15H24N4. The monoisotopic (exact) mass is 260 g/mol. The van der Waals surface area contributed by atoms with Crippen molar-refractivity contribution in [2.75, 3.05) is 24.1 Å². The lowest BCUT2D eigenvalue weighted by atomic mass is 10.1. The summed E-state index contributed by atoms with van der Waals surface area (Å²) in [5, 5.41) is 12.2. The number of hydrogen-bond acceptors (Lipinski definition) is 4. The molecule has 0 saturated carbocycles. The smallest absolute Gasteiger partial charge is 0.101 e. The van der Waals surface area contributed by atoms with Gasteiger partial charge in [-0.1, -0.05) is 6.07 Å². The first kappa shape index (κ1) is 15.3. The van der Waals surface area contributed by atoms with Gasteiger partial charge in [0, 0.05) is 25.2 Å². The van der Waals surface area contributed by atoms with E-state index in [0.29, 0.717) is 23.3 Å². The standard InChI is InChI=1S/C15H24N4/c1-11(2)19(12(3)4)9-8-18-14-7-5-6-13(10-16)15(14)17/h5-7,11-12,18H,8-9,17H2,1-4H3. The molecule has 104 valence electrons. The second-order valence-electron chi connectivity index (χ2n) is 5.23. The molecule has 0 saturated heterocycles. The Hall–Kier alpha value is -1.73. The summed E-state index contributed by atoms with van der Waals surface area (Å²) in [5.41, 5.74) is 7.83. The Morgan fingerprint density at radius 2 is 1.89 bits per heavy atom. The molecule has 0 unspecified atom stereocenters. The molecule has 1 aromatic carbocycles. The van der Waals surface area contributed by atoms with Crippen molar-refractivity contribution in [3.8, 4) is 6.07 Å². The van der Waals surface area contributed by atoms with Crippen molar-refractivity contribution < 1.29 is 0 Å². The Kier molecular flexibility index (Phi) is 5.65. The van der Waals surface area contributed by atoms with E-state index >= 15 is 0 Å². The molecule has 0 aliphatic rings. The molecule has 0 aliphatic carbocycles. The van der Waals surface area contributed by atoms with Crippen LogP contribution in [0.5, 0.6) is 0 Å². The Bertz CT molecular complexity index is 438. The zero-order valence-corrected chi connectivity index (χ0v) is 12.3. The first-order valence-electron chi connectivity index (χ1n) is 6.75. The molecule has 0 bridgehead atoms. The lowest BCUT2D eigenvalue weighted by Crippen LogP contribution is -2.40. The number of para-hydroxylation sites is 1. The van der Waals surface area contributed by atoms with Crippen molar-refractivity contribution in [1.82, 2.24) is 4.90 Å². The number of rotatable bonds is 6. The Labute approximate surface area is 116 Å². The third-order valence-corrected chi connectivity index (χ3v) is 3.24. The van der Waals surface area contributed by atoms with Crippen LogP contribution in [0.15, 0.2) is 18.2 Å². The predicted octanol–water partition coefficient (Wildman–Crippen LogP) is 2.67. The normalized spacial score (nSPS) is 11.1. The summed E-state index contributed by atoms with van der Waals surface area (Å²) < 4.78 is 0. The lowest BCUT2D eigenvalue weighted by molar-refractivity contribution is 0.182. The molecule has 0 atom stereocenters. The van der Waals surface area contributed by atoms with Crippen molar-refractivity contribution in [2.24, 2.45) is 0 Å². The Balaban J connectivity index is 2.61. The summed E-state index contributed by atoms with van der Waals surface area (Å²) in [6.07, 6.45) is 0. The second-order valence-corrected chi connectivity index (χ2v) is 5.23. The minimum Gasteiger partial charge on any atom is -0.396 e. The maximum Gasteiger partial charge on any atom is 0.101 e. The molecule has 0 spiro atoms. The Morgan fingerprint density at radius 1 is 1.26 bits per heavy atom. The molecular weight excluding hydrogens is 236 g/mol. The molecule has 1 aromatic rings. The predicted molar refractivity (Wildman–Crippen MR) is 81.0 cm³/mol. The van der Waals surface area contributed by atoms with E-state index in [1.54, 1.807) is 6.07 Å². The molecule has 19 heavy (non-hydrogen) atoms. The van der Waals surface area contributed by atoms with Gasteiger partial charge in [0.15, 0.2) is 0 Å². The van der Waals surface area contributed by atoms with Crippen molar-refractivity contribution in [3.05, 3.63) is 23.8 Å². The number of nitrogens with zero attached hydrogens (tertiary/aromatic N) is 2. The van der Waals surface area contributed by atoms with E-state index in [1.807, 2.05) is 12.1 Å². The number of nitrogens with one attached hydrogen (secondary N) is 1. The van der Waals surface area contributed by atoms with E-state index in [0.717, 1.165) is 18.8 Å². The number of benzene rings is 1. The third kappa shape index (κ3) is 4.15. The summed E-state index contributed by atoms with van der Waals surface area (Å²) >= 11 is 0. The fraction of sp³-hybridized carbons (Fsp3) is 0.533. The van der Waals surface area contributed by atoms with Crippen LogP contribution in [0.4, 0.5) is 11.4 Å². The van der Waals surface area contributed by atoms with Crippen molar-refractivity contribution in [2.45, 2.75) is 39.8 Å². The summed E-state index contributed by atoms with van der Waals surface area (Å²) in [6.45, 7) is 10.6. The van der Waals surface area contributed by atoms with Crippen LogP contribution in [0.25, 0.3) is 0 Å². The average Bonchev–Trinajstić information content (AvgIpc) is 2.35. The molecule has 0 aromatic heterocycles. The maximum atomic E-state index is 8.94. The molecule has 0 amide bonds. The third-order valence-electron chi connectivity index (χ3n) is 3.24. The van der Waals surface area contributed by atoms with Gasteiger partial charge in [-0.2, -0.15) is 5.26 Å². The van der Waals surface area contributed by atoms with Gasteiger partial charge in [0.1, 0.15) is 6.07 Å². The Morgan fingerprint density at radius 3 is 2.42 bits per heavy atom. The number of nitrogen functional groups attached to an aromatic ring is 1. The molecule has 0 heterocycles. The minimum absolute atomic E-state index is 0.518. The first-order chi connectivity index (χ1) is 8.97. The highest BCUT2D eigenvalue weighted by atomic mass is 15.2. The van der Waals surface area contributed by atoms with Crippen LogP contribution in [-0.4, -0.2) is 30.1 Å². The van der Waals surface area contributed by atoms with Crippen LogP contribution in [0, 0.1) is 11.3 Å². The van der Waals surface area contributed by atoms with Crippen molar-refractivity contribution in [1.29, 1.82) is 5.26 Å². The van der Waals surface area contributed by atoms with Gasteiger partial charge in [-0.05, 0) is 39.8 Å². The molecule has 1 rings (SSSR count). The maximum absolute atomic E-state index is 8.94. The number of hydrogen-bond donors (Lipinski definition) is 2. The van der Waals surface area contributed by atoms with E-state index < -0.39 is 0 Å². The van der Waals surface area contributed by atoms with Gasteiger partial charge in [-0.3, -0.25) is 4.90 Å². The second kappa shape index (κ2) is 7.01. The largest absolute Gasteiger partial charge is 0.396 e. The quantitative estimate of drug-likeness (QED) is 0.772. The topological polar surface area (TPSA) is 65.1 Å². The van der Waals surface area contributed by atoms with Crippen LogP contribution < -0.4 is 11.1 Å². The van der Waals surface area contributed by atoms with Crippen LogP contribution >= 0.6 is 0 Å². The van der Waals surface area contributed by atoms with Crippen molar-refractivity contribution in [3.63, 3.8) is 0 Å². The summed E-state index contributed by atoms with van der Waals surface area (Å²) in [4.78, 5) is 2.41. The van der Waals surface area contributed by atoms with E-state index in [-0.39, 0.29) is 0 Å². The summed E-state index contributed by atoms with van der Waals surface area (Å²) in [6, 6.07) is 8.62. The zero-order chi connectivity index (χ0) is 14.4. The SMILES string of the molecule is CC(C)N(CCNc1cccc(C#N)c1N)C(C)C. The highest BCUT2D eigenvalue weighted by molar-refractivity contribution is 5.72. The summed E-state index contributed by atoms with van der Waals surface area (Å²) in [7, 11) is 0. The van der Waals surface area contributed by atoms with E-state index in [4.69, 9.17) is 11.0 Å². The first-order valence-corrected chi connectivity index (χ1v) is 6.75. The molecule has 0 radical (unpaired) electrons. The molecule has 3 N–H and O–H groups in total. The lowest BCUT2D eigenvalue weighted by Gasteiger charge is -2.30. The molecule has 4 heteroatoms. The van der Waals surface area contributed by atoms with Crippen LogP contribution in [0.1, 0.15) is 33.3 Å². The van der Waals surface area contributed by atoms with Crippen molar-refractivity contribution >= 4 is 11.4 Å². The molecule has 0 aliphatic heterocycles. The van der Waals surface area contributed by atoms with Gasteiger partial charge >= 0.3 is 0 Å². The van der Waals surface area contributed by atoms with E-state index in [9.17, 15) is 0 Å². The average molecular weight is 260 g/mol. The fourth-order valence-electron chi connectivity index (χ4n) is 2.25. The number of nitrogens with two attached hydrogens (primary N) is 1. The van der Waals surface area contributed by atoms with Gasteiger partial charge in [-0.15, -0.1) is 0 Å². The van der Waals surface area contributed by atoms with Crippen LogP contribution in [-0.2, 0) is 0 Å². The highest BCUT2D eigenvalue weighted by Gasteiger charge is 2.12.